The van der Waals surface area contributed by atoms with Crippen molar-refractivity contribution >= 4 is 55.1 Å². The van der Waals surface area contributed by atoms with Gasteiger partial charge in [0.15, 0.2) is 0 Å². The van der Waals surface area contributed by atoms with Crippen LogP contribution in [0.2, 0.25) is 0 Å². The Kier molecular flexibility index (Phi) is 4.60. The SMILES string of the molecule is CCN1C(=O)/C(=C\c2cc(Br)cc(Br)c2OC)c2ccccc21. The van der Waals surface area contributed by atoms with E-state index in [0.29, 0.717) is 17.9 Å². The average molecular weight is 437 g/mol. The molecule has 0 bridgehead atoms. The van der Waals surface area contributed by atoms with Gasteiger partial charge in [0.25, 0.3) is 5.91 Å². The number of fused-ring (bicyclic) bond motifs is 1. The van der Waals surface area contributed by atoms with Crippen molar-refractivity contribution in [1.29, 1.82) is 0 Å². The standard InChI is InChI=1S/C18H15Br2NO2/c1-3-21-16-7-5-4-6-13(16)14(18(21)22)9-11-8-12(19)10-15(20)17(11)23-2/h4-10H,3H2,1-2H3/b14-9-. The maximum absolute atomic E-state index is 12.8. The number of carbonyl (C=O) groups is 1. The number of anilines is 1. The number of benzene rings is 2. The summed E-state index contributed by atoms with van der Waals surface area (Å²) in [6, 6.07) is 11.7. The summed E-state index contributed by atoms with van der Waals surface area (Å²) < 4.78 is 7.24. The molecule has 0 unspecified atom stereocenters. The molecule has 0 N–H and O–H groups in total. The van der Waals surface area contributed by atoms with Crippen LogP contribution in [0, 0.1) is 0 Å². The van der Waals surface area contributed by atoms with Crippen LogP contribution in [0.4, 0.5) is 5.69 Å². The monoisotopic (exact) mass is 435 g/mol. The molecule has 23 heavy (non-hydrogen) atoms. The number of hydrogen-bond donors (Lipinski definition) is 0. The van der Waals surface area contributed by atoms with Crippen LogP contribution < -0.4 is 9.64 Å². The number of nitrogens with zero attached hydrogens (tertiary/aromatic N) is 1. The number of rotatable bonds is 3. The first-order chi connectivity index (χ1) is 11.1. The minimum Gasteiger partial charge on any atom is -0.495 e. The predicted molar refractivity (Wildman–Crippen MR) is 101 cm³/mol. The van der Waals surface area contributed by atoms with E-state index in [9.17, 15) is 4.79 Å². The number of para-hydroxylation sites is 1. The van der Waals surface area contributed by atoms with Crippen LogP contribution in [-0.4, -0.2) is 19.6 Å². The number of carbonyl (C=O) groups excluding carboxylic acids is 1. The molecule has 1 aliphatic rings. The predicted octanol–water partition coefficient (Wildman–Crippen LogP) is 5.13. The van der Waals surface area contributed by atoms with Crippen molar-refractivity contribution in [2.24, 2.45) is 0 Å². The molecule has 1 heterocycles. The maximum atomic E-state index is 12.8. The van der Waals surface area contributed by atoms with Crippen LogP contribution in [0.1, 0.15) is 18.1 Å². The molecule has 2 aromatic carbocycles. The van der Waals surface area contributed by atoms with E-state index in [-0.39, 0.29) is 5.91 Å². The third-order valence-corrected chi connectivity index (χ3v) is 4.86. The van der Waals surface area contributed by atoms with Crippen molar-refractivity contribution in [3.05, 3.63) is 56.5 Å². The molecule has 0 aromatic heterocycles. The highest BCUT2D eigenvalue weighted by Gasteiger charge is 2.31. The summed E-state index contributed by atoms with van der Waals surface area (Å²) in [5.74, 6) is 0.729. The Morgan fingerprint density at radius 3 is 2.65 bits per heavy atom. The van der Waals surface area contributed by atoms with Crippen LogP contribution in [0.5, 0.6) is 5.75 Å². The summed E-state index contributed by atoms with van der Waals surface area (Å²) in [7, 11) is 1.62. The first-order valence-electron chi connectivity index (χ1n) is 7.22. The fraction of sp³-hybridized carbons (Fsp3) is 0.167. The van der Waals surface area contributed by atoms with Gasteiger partial charge in [-0.15, -0.1) is 0 Å². The van der Waals surface area contributed by atoms with Gasteiger partial charge in [0, 0.05) is 27.7 Å². The molecule has 0 aliphatic carbocycles. The van der Waals surface area contributed by atoms with Crippen LogP contribution in [0.15, 0.2) is 45.3 Å². The Bertz CT molecular complexity index is 815. The molecule has 118 valence electrons. The van der Waals surface area contributed by atoms with E-state index in [0.717, 1.165) is 25.8 Å². The number of halogens is 2. The molecular formula is C18H15Br2NO2. The third kappa shape index (κ3) is 2.83. The molecule has 3 nitrogen and oxygen atoms in total. The number of amides is 1. The van der Waals surface area contributed by atoms with Gasteiger partial charge in [-0.3, -0.25) is 4.79 Å². The van der Waals surface area contributed by atoms with Gasteiger partial charge in [-0.05, 0) is 47.1 Å². The molecule has 1 amide bonds. The summed E-state index contributed by atoms with van der Waals surface area (Å²) in [4.78, 5) is 14.6. The van der Waals surface area contributed by atoms with E-state index in [1.807, 2.05) is 49.4 Å². The van der Waals surface area contributed by atoms with Gasteiger partial charge >= 0.3 is 0 Å². The zero-order valence-corrected chi connectivity index (χ0v) is 15.9. The van der Waals surface area contributed by atoms with Crippen molar-refractivity contribution in [2.45, 2.75) is 6.92 Å². The van der Waals surface area contributed by atoms with Crippen molar-refractivity contribution in [1.82, 2.24) is 0 Å². The highest BCUT2D eigenvalue weighted by Crippen LogP contribution is 2.40. The Hall–Kier alpha value is -1.59. The first kappa shape index (κ1) is 16.3. The van der Waals surface area contributed by atoms with Crippen LogP contribution in [0.25, 0.3) is 11.6 Å². The highest BCUT2D eigenvalue weighted by atomic mass is 79.9. The summed E-state index contributed by atoms with van der Waals surface area (Å²) in [6.45, 7) is 2.63. The summed E-state index contributed by atoms with van der Waals surface area (Å²) in [6.07, 6.45) is 1.89. The molecule has 0 saturated carbocycles. The van der Waals surface area contributed by atoms with E-state index in [1.165, 1.54) is 0 Å². The molecule has 3 rings (SSSR count). The normalized spacial score (nSPS) is 15.2. The second-order valence-electron chi connectivity index (χ2n) is 5.13. The van der Waals surface area contributed by atoms with Gasteiger partial charge in [0.1, 0.15) is 5.75 Å². The van der Waals surface area contributed by atoms with Crippen molar-refractivity contribution in [3.63, 3.8) is 0 Å². The second-order valence-corrected chi connectivity index (χ2v) is 6.90. The van der Waals surface area contributed by atoms with Gasteiger partial charge in [0.2, 0.25) is 0 Å². The van der Waals surface area contributed by atoms with E-state index < -0.39 is 0 Å². The van der Waals surface area contributed by atoms with E-state index in [2.05, 4.69) is 31.9 Å². The Labute approximate surface area is 152 Å². The molecule has 0 atom stereocenters. The number of likely N-dealkylation sites (N-methyl/N-ethyl adjacent to an activating group) is 1. The highest BCUT2D eigenvalue weighted by molar-refractivity contribution is 9.11. The van der Waals surface area contributed by atoms with Gasteiger partial charge in [-0.2, -0.15) is 0 Å². The maximum Gasteiger partial charge on any atom is 0.258 e. The van der Waals surface area contributed by atoms with Crippen LogP contribution >= 0.6 is 31.9 Å². The summed E-state index contributed by atoms with van der Waals surface area (Å²) >= 11 is 6.99. The minimum atomic E-state index is 0.0202. The van der Waals surface area contributed by atoms with E-state index >= 15 is 0 Å². The zero-order chi connectivity index (χ0) is 16.6. The quantitative estimate of drug-likeness (QED) is 0.624. The van der Waals surface area contributed by atoms with Gasteiger partial charge in [-0.1, -0.05) is 34.1 Å². The lowest BCUT2D eigenvalue weighted by Crippen LogP contribution is -2.25. The van der Waals surface area contributed by atoms with Crippen molar-refractivity contribution < 1.29 is 9.53 Å². The fourth-order valence-corrected chi connectivity index (χ4v) is 4.24. The summed E-state index contributed by atoms with van der Waals surface area (Å²) in [5, 5.41) is 0. The molecular weight excluding hydrogens is 422 g/mol. The molecule has 1 aliphatic heterocycles. The van der Waals surface area contributed by atoms with E-state index in [4.69, 9.17) is 4.74 Å². The molecule has 0 saturated heterocycles. The van der Waals surface area contributed by atoms with Crippen molar-refractivity contribution in [2.75, 3.05) is 18.6 Å². The fourth-order valence-electron chi connectivity index (χ4n) is 2.82. The van der Waals surface area contributed by atoms with Gasteiger partial charge < -0.3 is 9.64 Å². The Morgan fingerprint density at radius 2 is 1.96 bits per heavy atom. The molecule has 2 aromatic rings. The molecule has 0 spiro atoms. The van der Waals surface area contributed by atoms with Crippen LogP contribution in [-0.2, 0) is 4.79 Å². The lowest BCUT2D eigenvalue weighted by molar-refractivity contribution is -0.112. The molecule has 0 fully saturated rings. The number of hydrogen-bond acceptors (Lipinski definition) is 2. The average Bonchev–Trinajstić information content (AvgIpc) is 2.79. The first-order valence-corrected chi connectivity index (χ1v) is 8.81. The molecule has 5 heteroatoms. The Morgan fingerprint density at radius 1 is 1.22 bits per heavy atom. The number of ether oxygens (including phenoxy) is 1. The Balaban J connectivity index is 2.19. The van der Waals surface area contributed by atoms with Gasteiger partial charge in [0.05, 0.1) is 17.3 Å². The zero-order valence-electron chi connectivity index (χ0n) is 12.8. The lowest BCUT2D eigenvalue weighted by Gasteiger charge is -2.13. The van der Waals surface area contributed by atoms with Crippen LogP contribution in [0.3, 0.4) is 0 Å². The van der Waals surface area contributed by atoms with Gasteiger partial charge in [-0.25, -0.2) is 0 Å². The van der Waals surface area contributed by atoms with Crippen molar-refractivity contribution in [3.8, 4) is 5.75 Å². The number of methoxy groups -OCH3 is 1. The molecule has 0 radical (unpaired) electrons. The lowest BCUT2D eigenvalue weighted by atomic mass is 10.0. The topological polar surface area (TPSA) is 29.5 Å². The smallest absolute Gasteiger partial charge is 0.258 e. The largest absolute Gasteiger partial charge is 0.495 e. The third-order valence-electron chi connectivity index (χ3n) is 3.82. The minimum absolute atomic E-state index is 0.0202. The summed E-state index contributed by atoms with van der Waals surface area (Å²) in [5.41, 5.74) is 3.45. The van der Waals surface area contributed by atoms with E-state index in [1.54, 1.807) is 12.0 Å². The second kappa shape index (κ2) is 6.49.